The second-order valence-corrected chi connectivity index (χ2v) is 8.19. The van der Waals surface area contributed by atoms with Crippen LogP contribution in [0.2, 0.25) is 0 Å². The maximum atomic E-state index is 13.2. The molecule has 2 aromatic heterocycles. The highest BCUT2D eigenvalue weighted by molar-refractivity contribution is 5.93. The minimum atomic E-state index is -4.66. The van der Waals surface area contributed by atoms with Gasteiger partial charge in [0.05, 0.1) is 18.4 Å². The van der Waals surface area contributed by atoms with Crippen molar-refractivity contribution in [1.29, 1.82) is 0 Å². The fraction of sp³-hybridized carbons (Fsp3) is 0.240. The van der Waals surface area contributed by atoms with Gasteiger partial charge in [0, 0.05) is 19.2 Å². The number of aromatic nitrogens is 4. The van der Waals surface area contributed by atoms with Crippen LogP contribution in [0.5, 0.6) is 0 Å². The van der Waals surface area contributed by atoms with Gasteiger partial charge in [-0.25, -0.2) is 4.39 Å². The number of aryl methyl sites for hydroxylation is 1. The van der Waals surface area contributed by atoms with Crippen molar-refractivity contribution in [3.63, 3.8) is 0 Å². The number of hydrogen-bond acceptors (Lipinski definition) is 3. The minimum Gasteiger partial charge on any atom is -0.347 e. The van der Waals surface area contributed by atoms with Gasteiger partial charge < -0.3 is 5.32 Å². The fourth-order valence-corrected chi connectivity index (χ4v) is 3.75. The summed E-state index contributed by atoms with van der Waals surface area (Å²) in [6.45, 7) is 1.99. The average molecular weight is 485 g/mol. The number of nitrogens with zero attached hydrogens (tertiary/aromatic N) is 3. The van der Waals surface area contributed by atoms with Gasteiger partial charge in [0.15, 0.2) is 0 Å². The molecule has 0 aliphatic carbocycles. The van der Waals surface area contributed by atoms with Crippen LogP contribution in [0.1, 0.15) is 49.6 Å². The van der Waals surface area contributed by atoms with Gasteiger partial charge in [-0.05, 0) is 34.7 Å². The molecule has 0 saturated carbocycles. The molecule has 4 rings (SSSR count). The molecule has 182 valence electrons. The Morgan fingerprint density at radius 3 is 2.43 bits per heavy atom. The third-order valence-corrected chi connectivity index (χ3v) is 5.66. The quantitative estimate of drug-likeness (QED) is 0.346. The number of halogens is 4. The van der Waals surface area contributed by atoms with E-state index in [0.717, 1.165) is 27.9 Å². The summed E-state index contributed by atoms with van der Waals surface area (Å²) in [6, 6.07) is 14.7. The molecule has 4 aromatic rings. The van der Waals surface area contributed by atoms with E-state index >= 15 is 0 Å². The number of carbonyl (C=O) groups is 1. The number of nitrogens with one attached hydrogen (secondary N) is 2. The molecule has 0 aliphatic heterocycles. The number of alkyl halides is 4. The van der Waals surface area contributed by atoms with E-state index in [0.29, 0.717) is 24.7 Å². The summed E-state index contributed by atoms with van der Waals surface area (Å²) in [4.78, 5) is 12.2. The second kappa shape index (κ2) is 10.1. The van der Waals surface area contributed by atoms with E-state index < -0.39 is 30.0 Å². The molecule has 2 N–H and O–H groups in total. The van der Waals surface area contributed by atoms with Crippen LogP contribution in [-0.2, 0) is 32.4 Å². The molecular weight excluding hydrogens is 462 g/mol. The highest BCUT2D eigenvalue weighted by atomic mass is 19.4. The van der Waals surface area contributed by atoms with Crippen LogP contribution in [0, 0.1) is 6.92 Å². The summed E-state index contributed by atoms with van der Waals surface area (Å²) in [5.41, 5.74) is 3.44. The fourth-order valence-electron chi connectivity index (χ4n) is 3.75. The molecule has 35 heavy (non-hydrogen) atoms. The lowest BCUT2D eigenvalue weighted by Gasteiger charge is -2.09. The van der Waals surface area contributed by atoms with Crippen LogP contribution >= 0.6 is 0 Å². The van der Waals surface area contributed by atoms with E-state index in [1.54, 1.807) is 22.9 Å². The van der Waals surface area contributed by atoms with Crippen molar-refractivity contribution >= 4 is 5.91 Å². The number of aromatic amines is 1. The smallest absolute Gasteiger partial charge is 0.347 e. The van der Waals surface area contributed by atoms with Crippen molar-refractivity contribution in [2.24, 2.45) is 0 Å². The Hall–Kier alpha value is -3.95. The normalized spacial score (nSPS) is 11.6. The molecule has 0 radical (unpaired) electrons. The predicted molar refractivity (Wildman–Crippen MR) is 121 cm³/mol. The first-order valence-electron chi connectivity index (χ1n) is 10.9. The number of amides is 1. The molecule has 0 unspecified atom stereocenters. The first-order valence-corrected chi connectivity index (χ1v) is 10.9. The van der Waals surface area contributed by atoms with Crippen LogP contribution in [-0.4, -0.2) is 25.9 Å². The van der Waals surface area contributed by atoms with Crippen molar-refractivity contribution in [2.45, 2.75) is 39.3 Å². The highest BCUT2D eigenvalue weighted by Crippen LogP contribution is 2.30. The summed E-state index contributed by atoms with van der Waals surface area (Å²) in [7, 11) is 0. The van der Waals surface area contributed by atoms with Crippen LogP contribution in [0.25, 0.3) is 0 Å². The summed E-state index contributed by atoms with van der Waals surface area (Å²) in [5, 5.41) is 12.6. The molecule has 0 fully saturated rings. The Bertz CT molecular complexity index is 1310. The third-order valence-electron chi connectivity index (χ3n) is 5.66. The molecule has 0 saturated heterocycles. The van der Waals surface area contributed by atoms with Gasteiger partial charge in [0.1, 0.15) is 17.9 Å². The lowest BCUT2D eigenvalue weighted by molar-refractivity contribution is -0.137. The van der Waals surface area contributed by atoms with Gasteiger partial charge in [-0.1, -0.05) is 48.5 Å². The topological polar surface area (TPSA) is 75.6 Å². The Morgan fingerprint density at radius 2 is 1.74 bits per heavy atom. The van der Waals surface area contributed by atoms with E-state index in [1.165, 1.54) is 0 Å². The van der Waals surface area contributed by atoms with Gasteiger partial charge in [-0.3, -0.25) is 14.6 Å². The predicted octanol–water partition coefficient (Wildman–Crippen LogP) is 4.97. The summed E-state index contributed by atoms with van der Waals surface area (Å²) >= 11 is 0. The monoisotopic (exact) mass is 485 g/mol. The molecule has 2 aromatic carbocycles. The number of rotatable bonds is 8. The Labute approximate surface area is 199 Å². The summed E-state index contributed by atoms with van der Waals surface area (Å²) in [5.74, 6) is -0.880. The molecular formula is C25H23F4N5O. The SMILES string of the molecule is Cc1cn(Cc2ccccc2CF)nc1Cc1ccc(CNC(=O)c2[nH]ncc2C(F)(F)F)cc1. The third kappa shape index (κ3) is 5.76. The number of carbonyl (C=O) groups excluding carboxylic acids is 1. The number of hydrogen-bond donors (Lipinski definition) is 2. The maximum Gasteiger partial charge on any atom is 0.420 e. The van der Waals surface area contributed by atoms with Crippen LogP contribution in [0.15, 0.2) is 60.9 Å². The molecule has 10 heteroatoms. The Kier molecular flexibility index (Phi) is 6.99. The molecule has 0 spiro atoms. The van der Waals surface area contributed by atoms with Gasteiger partial charge in [-0.15, -0.1) is 0 Å². The van der Waals surface area contributed by atoms with Gasteiger partial charge in [-0.2, -0.15) is 23.4 Å². The van der Waals surface area contributed by atoms with Crippen molar-refractivity contribution < 1.29 is 22.4 Å². The first kappa shape index (κ1) is 24.2. The summed E-state index contributed by atoms with van der Waals surface area (Å²) in [6.07, 6.45) is -1.56. The standard InChI is InChI=1S/C25H23F4N5O/c1-16-14-34(15-20-5-3-2-4-19(20)11-26)33-22(16)10-17-6-8-18(9-7-17)12-30-24(35)23-21(13-31-32-23)25(27,28)29/h2-9,13-14H,10-12,15H2,1H3,(H,30,35)(H,31,32). The van der Waals surface area contributed by atoms with Gasteiger partial charge >= 0.3 is 6.18 Å². The Balaban J connectivity index is 1.37. The molecule has 6 nitrogen and oxygen atoms in total. The zero-order chi connectivity index (χ0) is 25.0. The number of benzene rings is 2. The van der Waals surface area contributed by atoms with Crippen LogP contribution in [0.4, 0.5) is 17.6 Å². The van der Waals surface area contributed by atoms with E-state index in [4.69, 9.17) is 0 Å². The lowest BCUT2D eigenvalue weighted by atomic mass is 10.1. The average Bonchev–Trinajstić information content (AvgIpc) is 3.46. The summed E-state index contributed by atoms with van der Waals surface area (Å²) < 4.78 is 53.8. The molecule has 0 bridgehead atoms. The largest absolute Gasteiger partial charge is 0.420 e. The van der Waals surface area contributed by atoms with E-state index in [-0.39, 0.29) is 6.54 Å². The second-order valence-electron chi connectivity index (χ2n) is 8.19. The van der Waals surface area contributed by atoms with E-state index in [1.807, 2.05) is 43.5 Å². The minimum absolute atomic E-state index is 0.0665. The van der Waals surface area contributed by atoms with Crippen molar-refractivity contribution in [2.75, 3.05) is 0 Å². The molecule has 0 atom stereocenters. The van der Waals surface area contributed by atoms with Crippen molar-refractivity contribution in [3.8, 4) is 0 Å². The Morgan fingerprint density at radius 1 is 1.06 bits per heavy atom. The zero-order valence-electron chi connectivity index (χ0n) is 18.9. The molecule has 1 amide bonds. The van der Waals surface area contributed by atoms with Gasteiger partial charge in [0.2, 0.25) is 0 Å². The molecule has 0 aliphatic rings. The highest BCUT2D eigenvalue weighted by Gasteiger charge is 2.37. The van der Waals surface area contributed by atoms with Crippen LogP contribution < -0.4 is 5.32 Å². The lowest BCUT2D eigenvalue weighted by Crippen LogP contribution is -2.25. The molecule has 2 heterocycles. The zero-order valence-corrected chi connectivity index (χ0v) is 18.9. The van der Waals surface area contributed by atoms with E-state index in [9.17, 15) is 22.4 Å². The first-order chi connectivity index (χ1) is 16.7. The van der Waals surface area contributed by atoms with E-state index in [2.05, 4.69) is 20.6 Å². The van der Waals surface area contributed by atoms with Crippen molar-refractivity contribution in [1.82, 2.24) is 25.3 Å². The van der Waals surface area contributed by atoms with Crippen molar-refractivity contribution in [3.05, 3.63) is 106 Å². The maximum absolute atomic E-state index is 13.2. The number of H-pyrrole nitrogens is 1. The van der Waals surface area contributed by atoms with Crippen LogP contribution in [0.3, 0.4) is 0 Å². The van der Waals surface area contributed by atoms with Gasteiger partial charge in [0.25, 0.3) is 5.91 Å².